The average molecular weight is 549 g/mol. The van der Waals surface area contributed by atoms with E-state index in [-0.39, 0.29) is 59.2 Å². The predicted molar refractivity (Wildman–Crippen MR) is 138 cm³/mol. The maximum atomic E-state index is 13.9. The van der Waals surface area contributed by atoms with Crippen molar-refractivity contribution in [2.75, 3.05) is 29.6 Å². The van der Waals surface area contributed by atoms with Crippen LogP contribution < -0.4 is 10.2 Å². The number of amides is 2. The summed E-state index contributed by atoms with van der Waals surface area (Å²) in [5.41, 5.74) is -0.361. The monoisotopic (exact) mass is 548 g/mol. The summed E-state index contributed by atoms with van der Waals surface area (Å²) in [7, 11) is -3.21. The third-order valence-corrected chi connectivity index (χ3v) is 7.35. The largest absolute Gasteiger partial charge is 0.442 e. The highest BCUT2D eigenvalue weighted by atomic mass is 32.2. The number of carbonyl (C=O) groups excluding carboxylic acids is 2. The molecular weight excluding hydrogens is 518 g/mol. The van der Waals surface area contributed by atoms with E-state index in [0.29, 0.717) is 0 Å². The van der Waals surface area contributed by atoms with Gasteiger partial charge in [0, 0.05) is 48.3 Å². The molecule has 13 heteroatoms. The minimum atomic E-state index is -3.21. The molecule has 10 nitrogen and oxygen atoms in total. The molecule has 0 saturated carbocycles. The van der Waals surface area contributed by atoms with Gasteiger partial charge in [0.1, 0.15) is 11.7 Å². The van der Waals surface area contributed by atoms with E-state index < -0.39 is 39.7 Å². The first-order valence-electron chi connectivity index (χ1n) is 11.9. The Morgan fingerprint density at radius 2 is 1.95 bits per heavy atom. The van der Waals surface area contributed by atoms with Crippen molar-refractivity contribution in [3.05, 3.63) is 41.1 Å². The van der Waals surface area contributed by atoms with E-state index in [9.17, 15) is 27.8 Å². The first-order chi connectivity index (χ1) is 17.6. The molecule has 0 radical (unpaired) electrons. The third kappa shape index (κ3) is 7.22. The number of benzene rings is 1. The number of anilines is 2. The zero-order valence-corrected chi connectivity index (χ0v) is 22.7. The van der Waals surface area contributed by atoms with Gasteiger partial charge in [-0.1, -0.05) is 6.07 Å². The highest BCUT2D eigenvalue weighted by molar-refractivity contribution is 7.93. The van der Waals surface area contributed by atoms with Gasteiger partial charge < -0.3 is 15.0 Å². The maximum Gasteiger partial charge on any atom is 0.442 e. The van der Waals surface area contributed by atoms with Gasteiger partial charge in [-0.3, -0.25) is 4.79 Å². The van der Waals surface area contributed by atoms with Crippen molar-refractivity contribution in [1.29, 1.82) is 5.26 Å². The quantitative estimate of drug-likeness (QED) is 0.568. The number of nitrogens with one attached hydrogen (secondary N) is 1. The molecule has 204 valence electrons. The molecule has 2 aromatic rings. The fraction of sp³-hybridized carbons (Fsp3) is 0.480. The van der Waals surface area contributed by atoms with E-state index in [2.05, 4.69) is 19.9 Å². The molecule has 1 aromatic heterocycles. The predicted octanol–water partition coefficient (Wildman–Crippen LogP) is 4.93. The molecular formula is C25H30F2N6O4S. The average Bonchev–Trinajstić information content (AvgIpc) is 2.97. The molecule has 1 aromatic carbocycles. The Morgan fingerprint density at radius 3 is 2.61 bits per heavy atom. The molecule has 0 unspecified atom stereocenters. The highest BCUT2D eigenvalue weighted by Gasteiger charge is 2.34. The Labute approximate surface area is 220 Å². The van der Waals surface area contributed by atoms with Crippen LogP contribution in [-0.4, -0.2) is 57.3 Å². The maximum absolute atomic E-state index is 13.9. The van der Waals surface area contributed by atoms with Gasteiger partial charge in [-0.25, -0.2) is 17.8 Å². The molecule has 1 N–H and O–H groups in total. The number of rotatable bonds is 4. The van der Waals surface area contributed by atoms with E-state index >= 15 is 0 Å². The zero-order valence-electron chi connectivity index (χ0n) is 21.9. The van der Waals surface area contributed by atoms with Gasteiger partial charge in [0.25, 0.3) is 5.91 Å². The number of alkyl halides is 2. The van der Waals surface area contributed by atoms with E-state index in [1.54, 1.807) is 31.7 Å². The van der Waals surface area contributed by atoms with Crippen LogP contribution in [0.1, 0.15) is 61.6 Å². The van der Waals surface area contributed by atoms with Crippen LogP contribution >= 0.6 is 0 Å². The van der Waals surface area contributed by atoms with Crippen molar-refractivity contribution in [2.45, 2.75) is 63.4 Å². The van der Waals surface area contributed by atoms with Gasteiger partial charge in [-0.2, -0.15) is 5.26 Å². The molecule has 1 atom stereocenters. The lowest BCUT2D eigenvalue weighted by Gasteiger charge is -2.24. The number of halogens is 2. The summed E-state index contributed by atoms with van der Waals surface area (Å²) in [6, 6.07) is 7.88. The second-order valence-electron chi connectivity index (χ2n) is 10.0. The van der Waals surface area contributed by atoms with Crippen LogP contribution in [0.3, 0.4) is 0 Å². The van der Waals surface area contributed by atoms with Crippen LogP contribution in [0, 0.1) is 18.3 Å². The Hall–Kier alpha value is -3.66. The molecule has 1 fully saturated rings. The second-order valence-corrected chi connectivity index (χ2v) is 12.3. The number of nitrogens with zero attached hydrogens (tertiary/aromatic N) is 5. The number of nitriles is 1. The minimum Gasteiger partial charge on any atom is -0.442 e. The molecule has 38 heavy (non-hydrogen) atoms. The van der Waals surface area contributed by atoms with Gasteiger partial charge in [-0.15, -0.1) is 14.6 Å². The normalized spacial score (nSPS) is 16.9. The van der Waals surface area contributed by atoms with Crippen LogP contribution in [-0.2, 0) is 14.5 Å². The first kappa shape index (κ1) is 28.9. The van der Waals surface area contributed by atoms with Gasteiger partial charge in [0.2, 0.25) is 5.92 Å². The van der Waals surface area contributed by atoms with E-state index in [0.717, 1.165) is 0 Å². The Bertz CT molecular complexity index is 1410. The Morgan fingerprint density at radius 1 is 1.24 bits per heavy atom. The molecule has 0 spiro atoms. The van der Waals surface area contributed by atoms with Crippen LogP contribution in [0.5, 0.6) is 0 Å². The van der Waals surface area contributed by atoms with Crippen LogP contribution in [0.4, 0.5) is 25.1 Å². The lowest BCUT2D eigenvalue weighted by Crippen LogP contribution is -2.30. The summed E-state index contributed by atoms with van der Waals surface area (Å²) in [4.78, 5) is 27.3. The highest BCUT2D eigenvalue weighted by Crippen LogP contribution is 2.32. The molecule has 1 aliphatic rings. The van der Waals surface area contributed by atoms with Crippen molar-refractivity contribution in [2.24, 2.45) is 4.36 Å². The summed E-state index contributed by atoms with van der Waals surface area (Å²) in [6.45, 7) is 6.73. The van der Waals surface area contributed by atoms with Crippen molar-refractivity contribution in [3.8, 4) is 6.07 Å². The summed E-state index contributed by atoms with van der Waals surface area (Å²) in [6.07, 6.45) is -0.174. The van der Waals surface area contributed by atoms with E-state index in [4.69, 9.17) is 4.74 Å². The smallest absolute Gasteiger partial charge is 0.442 e. The summed E-state index contributed by atoms with van der Waals surface area (Å²) in [5.74, 6) is -3.36. The molecule has 2 heterocycles. The zero-order chi connectivity index (χ0) is 28.3. The van der Waals surface area contributed by atoms with Crippen LogP contribution in [0.25, 0.3) is 0 Å². The summed E-state index contributed by atoms with van der Waals surface area (Å²) >= 11 is 0. The molecule has 2 amide bonds. The number of hydrogen-bond donors (Lipinski definition) is 1. The van der Waals surface area contributed by atoms with Crippen LogP contribution in [0.2, 0.25) is 0 Å². The number of hydrogen-bond acceptors (Lipinski definition) is 8. The molecule has 1 saturated heterocycles. The topological polar surface area (TPSA) is 138 Å². The summed E-state index contributed by atoms with van der Waals surface area (Å²) < 4.78 is 49.9. The van der Waals surface area contributed by atoms with E-state index in [1.807, 2.05) is 6.07 Å². The second kappa shape index (κ2) is 11.0. The van der Waals surface area contributed by atoms with Gasteiger partial charge >= 0.3 is 6.09 Å². The number of aromatic nitrogens is 2. The van der Waals surface area contributed by atoms with Crippen molar-refractivity contribution < 1.29 is 27.3 Å². The summed E-state index contributed by atoms with van der Waals surface area (Å²) in [5, 5.41) is 20.0. The van der Waals surface area contributed by atoms with Gasteiger partial charge in [-0.05, 0) is 52.3 Å². The Kier molecular flexibility index (Phi) is 8.36. The SMILES string of the molecule is Cc1c(C#N)nnc(N2CCCC(F)(F)CC2)c1C(=O)Nc1cccc([S@@](C)(=O)=NC(=O)OC(C)(C)C)c1. The molecule has 3 rings (SSSR count). The first-order valence-corrected chi connectivity index (χ1v) is 13.8. The lowest BCUT2D eigenvalue weighted by molar-refractivity contribution is -0.0102. The lowest BCUT2D eigenvalue weighted by atomic mass is 10.1. The standard InChI is InChI=1S/C25H30F2N6O4S/c1-16-19(15-28)30-31-21(33-12-7-10-25(26,27)11-13-33)20(16)22(34)29-17-8-6-9-18(14-17)38(5,36)32-23(35)37-24(2,3)4/h6,8-9,14H,7,10-13H2,1-5H3,(H,29,34)/t38-/m1/s1. The van der Waals surface area contributed by atoms with Crippen molar-refractivity contribution in [1.82, 2.24) is 10.2 Å². The fourth-order valence-electron chi connectivity index (χ4n) is 3.86. The van der Waals surface area contributed by atoms with E-state index in [1.165, 1.54) is 31.4 Å². The van der Waals surface area contributed by atoms with Gasteiger partial charge in [0.05, 0.1) is 15.3 Å². The Balaban J connectivity index is 1.94. The number of ether oxygens (including phenoxy) is 1. The molecule has 1 aliphatic heterocycles. The third-order valence-electron chi connectivity index (χ3n) is 5.72. The van der Waals surface area contributed by atoms with Crippen molar-refractivity contribution in [3.63, 3.8) is 0 Å². The van der Waals surface area contributed by atoms with Crippen LogP contribution in [0.15, 0.2) is 33.5 Å². The minimum absolute atomic E-state index is 0.0304. The van der Waals surface area contributed by atoms with Crippen molar-refractivity contribution >= 4 is 33.2 Å². The fourth-order valence-corrected chi connectivity index (χ4v) is 4.97. The molecule has 0 bridgehead atoms. The number of carbonyl (C=O) groups is 2. The van der Waals surface area contributed by atoms with Gasteiger partial charge in [0.15, 0.2) is 11.5 Å². The molecule has 0 aliphatic carbocycles.